The molecule has 0 aliphatic carbocycles. The molecule has 19 heavy (non-hydrogen) atoms. The fourth-order valence-electron chi connectivity index (χ4n) is 1.79. The van der Waals surface area contributed by atoms with E-state index in [9.17, 15) is 0 Å². The molecule has 0 fully saturated rings. The van der Waals surface area contributed by atoms with Gasteiger partial charge in [-0.2, -0.15) is 0 Å². The van der Waals surface area contributed by atoms with Gasteiger partial charge in [0.2, 0.25) is 0 Å². The largest absolute Gasteiger partial charge is 0.492 e. The molecular weight excluding hydrogens is 258 g/mol. The number of aryl methyl sites for hydroxylation is 2. The molecule has 0 saturated carbocycles. The average molecular weight is 278 g/mol. The van der Waals surface area contributed by atoms with Crippen LogP contribution in [0.25, 0.3) is 0 Å². The van der Waals surface area contributed by atoms with E-state index in [0.29, 0.717) is 6.61 Å². The van der Waals surface area contributed by atoms with Crippen LogP contribution in [0.2, 0.25) is 0 Å². The van der Waals surface area contributed by atoms with Crippen molar-refractivity contribution < 1.29 is 4.74 Å². The molecule has 102 valence electrons. The number of benzene rings is 2. The molecule has 2 aromatic rings. The molecule has 0 spiro atoms. The highest BCUT2D eigenvalue weighted by molar-refractivity contribution is 5.85. The lowest BCUT2D eigenvalue weighted by Crippen LogP contribution is -2.18. The number of halogens is 1. The van der Waals surface area contributed by atoms with E-state index in [-0.39, 0.29) is 18.4 Å². The monoisotopic (exact) mass is 277 g/mol. The lowest BCUT2D eigenvalue weighted by molar-refractivity contribution is 0.290. The summed E-state index contributed by atoms with van der Waals surface area (Å²) in [5.74, 6) is 0.879. The van der Waals surface area contributed by atoms with E-state index >= 15 is 0 Å². The van der Waals surface area contributed by atoms with Crippen LogP contribution in [0.15, 0.2) is 48.5 Å². The van der Waals surface area contributed by atoms with Crippen molar-refractivity contribution in [3.63, 3.8) is 0 Å². The normalized spacial score (nSPS) is 11.5. The van der Waals surface area contributed by atoms with E-state index in [0.717, 1.165) is 11.3 Å². The van der Waals surface area contributed by atoms with Gasteiger partial charge >= 0.3 is 0 Å². The lowest BCUT2D eigenvalue weighted by Gasteiger charge is -2.14. The van der Waals surface area contributed by atoms with Crippen LogP contribution in [0.1, 0.15) is 22.7 Å². The average Bonchev–Trinajstić information content (AvgIpc) is 2.41. The first-order valence-electron chi connectivity index (χ1n) is 6.17. The summed E-state index contributed by atoms with van der Waals surface area (Å²) in [4.78, 5) is 0. The summed E-state index contributed by atoms with van der Waals surface area (Å²) in [6.45, 7) is 4.67. The van der Waals surface area contributed by atoms with Crippen molar-refractivity contribution in [2.24, 2.45) is 5.73 Å². The number of ether oxygens (including phenoxy) is 1. The quantitative estimate of drug-likeness (QED) is 0.922. The molecule has 0 saturated heterocycles. The molecule has 1 atom stereocenters. The smallest absolute Gasteiger partial charge is 0.119 e. The molecule has 0 heterocycles. The predicted octanol–water partition coefficient (Wildman–Crippen LogP) is 3.80. The Bertz CT molecular complexity index is 513. The van der Waals surface area contributed by atoms with Gasteiger partial charge in [-0.1, -0.05) is 36.4 Å². The number of nitrogens with two attached hydrogens (primary N) is 1. The summed E-state index contributed by atoms with van der Waals surface area (Å²) >= 11 is 0. The third-order valence-corrected chi connectivity index (χ3v) is 3.14. The second-order valence-corrected chi connectivity index (χ2v) is 4.57. The fraction of sp³-hybridized carbons (Fsp3) is 0.250. The van der Waals surface area contributed by atoms with Crippen LogP contribution in [0.3, 0.4) is 0 Å². The summed E-state index contributed by atoms with van der Waals surface area (Å²) in [5, 5.41) is 0. The molecule has 2 aromatic carbocycles. The highest BCUT2D eigenvalue weighted by Gasteiger charge is 2.06. The van der Waals surface area contributed by atoms with Crippen LogP contribution in [-0.2, 0) is 0 Å². The maximum atomic E-state index is 6.09. The Kier molecular flexibility index (Phi) is 5.87. The van der Waals surface area contributed by atoms with Crippen LogP contribution in [0.5, 0.6) is 5.75 Å². The van der Waals surface area contributed by atoms with Gasteiger partial charge < -0.3 is 10.5 Å². The van der Waals surface area contributed by atoms with Gasteiger partial charge in [0, 0.05) is 0 Å². The molecule has 0 aromatic heterocycles. The third kappa shape index (κ3) is 4.27. The maximum Gasteiger partial charge on any atom is 0.119 e. The van der Waals surface area contributed by atoms with Crippen molar-refractivity contribution in [2.45, 2.75) is 19.9 Å². The van der Waals surface area contributed by atoms with Gasteiger partial charge in [-0.3, -0.25) is 0 Å². The molecule has 3 heteroatoms. The van der Waals surface area contributed by atoms with Gasteiger partial charge in [-0.25, -0.2) is 0 Å². The molecule has 0 amide bonds. The Balaban J connectivity index is 0.00000180. The van der Waals surface area contributed by atoms with Crippen LogP contribution in [-0.4, -0.2) is 6.61 Å². The maximum absolute atomic E-state index is 6.09. The second-order valence-electron chi connectivity index (χ2n) is 4.57. The Hall–Kier alpha value is -1.51. The minimum atomic E-state index is -0.0900. The standard InChI is InChI=1S/C16H19NO.ClH/c1-12-8-9-15(10-13(12)2)18-11-16(17)14-6-4-3-5-7-14;/h3-10,16H,11,17H2,1-2H3;1H. The van der Waals surface area contributed by atoms with Gasteiger partial charge in [0.1, 0.15) is 12.4 Å². The Labute approximate surface area is 121 Å². The van der Waals surface area contributed by atoms with Crippen molar-refractivity contribution in [1.29, 1.82) is 0 Å². The number of hydrogen-bond acceptors (Lipinski definition) is 2. The molecule has 0 aliphatic heterocycles. The van der Waals surface area contributed by atoms with E-state index in [2.05, 4.69) is 19.9 Å². The molecule has 2 rings (SSSR count). The van der Waals surface area contributed by atoms with Crippen molar-refractivity contribution in [2.75, 3.05) is 6.61 Å². The minimum Gasteiger partial charge on any atom is -0.492 e. The second kappa shape index (κ2) is 7.17. The van der Waals surface area contributed by atoms with Crippen LogP contribution in [0, 0.1) is 13.8 Å². The van der Waals surface area contributed by atoms with E-state index < -0.39 is 0 Å². The fourth-order valence-corrected chi connectivity index (χ4v) is 1.79. The van der Waals surface area contributed by atoms with Crippen LogP contribution in [0.4, 0.5) is 0 Å². The van der Waals surface area contributed by atoms with Crippen molar-refractivity contribution in [3.05, 3.63) is 65.2 Å². The highest BCUT2D eigenvalue weighted by atomic mass is 35.5. The van der Waals surface area contributed by atoms with Gasteiger partial charge in [-0.05, 0) is 42.7 Å². The zero-order chi connectivity index (χ0) is 13.0. The minimum absolute atomic E-state index is 0. The summed E-state index contributed by atoms with van der Waals surface area (Å²) in [6.07, 6.45) is 0. The van der Waals surface area contributed by atoms with Crippen LogP contribution < -0.4 is 10.5 Å². The predicted molar refractivity (Wildman–Crippen MR) is 82.0 cm³/mol. The van der Waals surface area contributed by atoms with E-state index in [4.69, 9.17) is 10.5 Å². The third-order valence-electron chi connectivity index (χ3n) is 3.14. The lowest BCUT2D eigenvalue weighted by atomic mass is 10.1. The highest BCUT2D eigenvalue weighted by Crippen LogP contribution is 2.18. The zero-order valence-corrected chi connectivity index (χ0v) is 12.1. The van der Waals surface area contributed by atoms with Gasteiger partial charge in [0.25, 0.3) is 0 Å². The molecule has 0 aliphatic rings. The summed E-state index contributed by atoms with van der Waals surface area (Å²) in [7, 11) is 0. The molecule has 0 radical (unpaired) electrons. The number of hydrogen-bond donors (Lipinski definition) is 1. The van der Waals surface area contributed by atoms with Crippen molar-refractivity contribution >= 4 is 12.4 Å². The molecule has 2 N–H and O–H groups in total. The van der Waals surface area contributed by atoms with E-state index in [1.807, 2.05) is 42.5 Å². The molecule has 1 unspecified atom stereocenters. The van der Waals surface area contributed by atoms with Gasteiger partial charge in [-0.15, -0.1) is 12.4 Å². The van der Waals surface area contributed by atoms with E-state index in [1.54, 1.807) is 0 Å². The Morgan fingerprint density at radius 3 is 2.32 bits per heavy atom. The Morgan fingerprint density at radius 1 is 1.00 bits per heavy atom. The topological polar surface area (TPSA) is 35.2 Å². The molecule has 0 bridgehead atoms. The first-order chi connectivity index (χ1) is 8.66. The van der Waals surface area contributed by atoms with Crippen LogP contribution >= 0.6 is 12.4 Å². The first-order valence-corrected chi connectivity index (χ1v) is 6.17. The van der Waals surface area contributed by atoms with Crippen molar-refractivity contribution in [1.82, 2.24) is 0 Å². The first kappa shape index (κ1) is 15.5. The summed E-state index contributed by atoms with van der Waals surface area (Å²) < 4.78 is 5.73. The van der Waals surface area contributed by atoms with E-state index in [1.165, 1.54) is 11.1 Å². The molecule has 2 nitrogen and oxygen atoms in total. The zero-order valence-electron chi connectivity index (χ0n) is 11.3. The summed E-state index contributed by atoms with van der Waals surface area (Å²) in [5.41, 5.74) is 9.69. The Morgan fingerprint density at radius 2 is 1.68 bits per heavy atom. The summed E-state index contributed by atoms with van der Waals surface area (Å²) in [6, 6.07) is 16.0. The van der Waals surface area contributed by atoms with Gasteiger partial charge in [0.15, 0.2) is 0 Å². The molecular formula is C16H20ClNO. The van der Waals surface area contributed by atoms with Crippen molar-refractivity contribution in [3.8, 4) is 5.75 Å². The van der Waals surface area contributed by atoms with Gasteiger partial charge in [0.05, 0.1) is 6.04 Å². The SMILES string of the molecule is Cc1ccc(OCC(N)c2ccccc2)cc1C.Cl. The number of rotatable bonds is 4.